The summed E-state index contributed by atoms with van der Waals surface area (Å²) in [7, 11) is 1.56. The van der Waals surface area contributed by atoms with E-state index in [1.807, 2.05) is 43.0 Å². The molecule has 212 valence electrons. The van der Waals surface area contributed by atoms with Gasteiger partial charge in [-0.05, 0) is 60.1 Å². The zero-order chi connectivity index (χ0) is 29.3. The number of aromatic nitrogens is 1. The fraction of sp³-hybridized carbons (Fsp3) is 0.320. The maximum atomic E-state index is 13.6. The van der Waals surface area contributed by atoms with Crippen molar-refractivity contribution in [3.63, 3.8) is 0 Å². The van der Waals surface area contributed by atoms with E-state index in [1.165, 1.54) is 11.8 Å². The number of ether oxygens (including phenoxy) is 1. The number of carboxylic acid groups (broad SMARTS) is 2. The average molecular weight is 624 g/mol. The number of aliphatic carboxylic acids is 2. The quantitative estimate of drug-likeness (QED) is 0.278. The summed E-state index contributed by atoms with van der Waals surface area (Å²) < 4.78 is 6.62. The highest BCUT2D eigenvalue weighted by atomic mass is 32.2. The van der Waals surface area contributed by atoms with Crippen molar-refractivity contribution in [2.75, 3.05) is 18.6 Å². The fourth-order valence-corrected chi connectivity index (χ4v) is 7.75. The van der Waals surface area contributed by atoms with Crippen molar-refractivity contribution in [1.29, 1.82) is 0 Å². The minimum absolute atomic E-state index is 0.0171. The van der Waals surface area contributed by atoms with Crippen LogP contribution in [0.2, 0.25) is 0 Å². The summed E-state index contributed by atoms with van der Waals surface area (Å²) >= 11 is 8.23. The van der Waals surface area contributed by atoms with Crippen molar-refractivity contribution >= 4 is 85.4 Å². The third kappa shape index (κ3) is 5.98. The number of hydroxylamine groups is 2. The lowest BCUT2D eigenvalue weighted by Gasteiger charge is -2.21. The van der Waals surface area contributed by atoms with Gasteiger partial charge in [0, 0.05) is 23.9 Å². The molecule has 2 aromatic rings. The third-order valence-corrected chi connectivity index (χ3v) is 9.81. The Kier molecular flexibility index (Phi) is 9.09. The Morgan fingerprint density at radius 3 is 2.45 bits per heavy atom. The SMILES string of the molecule is COc1ccc2c(c1)N(CCCC(=O)O)C(=CC(=c1sc(=C3SC(=S)N(O)C3=O)n(CC(=O)O)c1=O)C(C)C)S2. The molecule has 0 spiro atoms. The van der Waals surface area contributed by atoms with Crippen molar-refractivity contribution in [2.45, 2.75) is 38.1 Å². The minimum atomic E-state index is -1.27. The number of fused-ring (bicyclic) bond motifs is 1. The fourth-order valence-electron chi connectivity index (χ4n) is 4.09. The molecule has 4 rings (SSSR count). The van der Waals surface area contributed by atoms with E-state index in [0.717, 1.165) is 43.3 Å². The number of nitrogens with zero attached hydrogens (tertiary/aromatic N) is 3. The van der Waals surface area contributed by atoms with Gasteiger partial charge in [0.1, 0.15) is 21.9 Å². The van der Waals surface area contributed by atoms with Crippen LogP contribution >= 0.6 is 47.1 Å². The topological polar surface area (TPSA) is 150 Å². The van der Waals surface area contributed by atoms with Gasteiger partial charge in [-0.3, -0.25) is 29.0 Å². The summed E-state index contributed by atoms with van der Waals surface area (Å²) in [5.41, 5.74) is 0.885. The summed E-state index contributed by atoms with van der Waals surface area (Å²) in [5.74, 6) is -2.54. The normalized spacial score (nSPS) is 18.2. The maximum absolute atomic E-state index is 13.6. The summed E-state index contributed by atoms with van der Waals surface area (Å²) in [6.45, 7) is 3.51. The number of amides is 1. The van der Waals surface area contributed by atoms with Gasteiger partial charge in [-0.25, -0.2) is 0 Å². The molecule has 3 N–H and O–H groups in total. The van der Waals surface area contributed by atoms with Crippen LogP contribution in [0.5, 0.6) is 5.75 Å². The number of hydrogen-bond acceptors (Lipinski definition) is 11. The Hall–Kier alpha value is -3.11. The number of methoxy groups -OCH3 is 1. The van der Waals surface area contributed by atoms with Crippen molar-refractivity contribution in [3.8, 4) is 5.75 Å². The Balaban J connectivity index is 1.94. The number of carbonyl (C=O) groups is 3. The number of carboxylic acids is 2. The van der Waals surface area contributed by atoms with E-state index in [2.05, 4.69) is 0 Å². The number of thioether (sulfide) groups is 2. The van der Waals surface area contributed by atoms with Gasteiger partial charge < -0.3 is 19.8 Å². The summed E-state index contributed by atoms with van der Waals surface area (Å²) in [6, 6.07) is 5.60. The van der Waals surface area contributed by atoms with E-state index >= 15 is 0 Å². The molecule has 0 aliphatic carbocycles. The summed E-state index contributed by atoms with van der Waals surface area (Å²) in [6.07, 6.45) is 2.21. The molecule has 11 nitrogen and oxygen atoms in total. The Morgan fingerprint density at radius 2 is 1.88 bits per heavy atom. The number of allylic oxidation sites excluding steroid dienone is 1. The first-order chi connectivity index (χ1) is 18.9. The van der Waals surface area contributed by atoms with Crippen molar-refractivity contribution in [3.05, 3.63) is 48.9 Å². The number of benzene rings is 1. The highest BCUT2D eigenvalue weighted by Gasteiger charge is 2.34. The molecular formula is C25H25N3O8S4. The van der Waals surface area contributed by atoms with Gasteiger partial charge in [-0.1, -0.05) is 25.6 Å². The van der Waals surface area contributed by atoms with Crippen LogP contribution in [0.25, 0.3) is 10.5 Å². The largest absolute Gasteiger partial charge is 0.497 e. The van der Waals surface area contributed by atoms with E-state index in [4.69, 9.17) is 22.1 Å². The molecular weight excluding hydrogens is 599 g/mol. The van der Waals surface area contributed by atoms with Gasteiger partial charge in [0.05, 0.1) is 22.4 Å². The Labute approximate surface area is 246 Å². The molecule has 1 aromatic heterocycles. The second kappa shape index (κ2) is 12.2. The van der Waals surface area contributed by atoms with Crippen LogP contribution in [0.3, 0.4) is 0 Å². The first kappa shape index (κ1) is 29.9. The standard InChI is InChI=1S/C25H25N3O8S4/c1-12(2)14(10-17-26(8-4-5-18(29)30)15-9-13(36-3)6-7-16(15)38-17)20-22(33)27(11-19(31)32)24(39-20)21-23(34)28(35)25(37)40-21/h6-7,9-10,12,35H,4-5,8,11H2,1-3H3,(H,29,30)(H,31,32). The molecule has 1 aromatic carbocycles. The first-order valence-electron chi connectivity index (χ1n) is 11.9. The maximum Gasteiger partial charge on any atom is 0.323 e. The zero-order valence-corrected chi connectivity index (χ0v) is 24.8. The molecule has 1 saturated heterocycles. The summed E-state index contributed by atoms with van der Waals surface area (Å²) in [4.78, 5) is 51.9. The lowest BCUT2D eigenvalue weighted by atomic mass is 10.0. The van der Waals surface area contributed by atoms with Crippen molar-refractivity contribution in [2.24, 2.45) is 5.92 Å². The lowest BCUT2D eigenvalue weighted by Crippen LogP contribution is -2.36. The number of rotatable bonds is 9. The molecule has 1 fully saturated rings. The van der Waals surface area contributed by atoms with Crippen LogP contribution in [0, 0.1) is 5.92 Å². The molecule has 3 heterocycles. The number of hydrogen-bond donors (Lipinski definition) is 3. The van der Waals surface area contributed by atoms with Crippen molar-refractivity contribution in [1.82, 2.24) is 9.63 Å². The number of thiocarbonyl (C=S) groups is 1. The van der Waals surface area contributed by atoms with E-state index in [0.29, 0.717) is 29.4 Å². The molecule has 2 aliphatic heterocycles. The molecule has 2 aliphatic rings. The van der Waals surface area contributed by atoms with Crippen LogP contribution < -0.4 is 24.4 Å². The second-order valence-electron chi connectivity index (χ2n) is 9.01. The van der Waals surface area contributed by atoms with Gasteiger partial charge in [0.25, 0.3) is 11.5 Å². The second-order valence-corrected chi connectivity index (χ2v) is 12.7. The molecule has 0 bridgehead atoms. The predicted molar refractivity (Wildman–Crippen MR) is 157 cm³/mol. The van der Waals surface area contributed by atoms with Gasteiger partial charge in [0.15, 0.2) is 4.32 Å². The highest BCUT2D eigenvalue weighted by Crippen LogP contribution is 2.48. The first-order valence-corrected chi connectivity index (χ1v) is 14.8. The summed E-state index contributed by atoms with van der Waals surface area (Å²) in [5, 5.41) is 29.6. The number of thiazole rings is 1. The molecule has 0 atom stereocenters. The smallest absolute Gasteiger partial charge is 0.323 e. The number of anilines is 1. The average Bonchev–Trinajstić information content (AvgIpc) is 3.48. The van der Waals surface area contributed by atoms with E-state index in [9.17, 15) is 29.5 Å². The van der Waals surface area contributed by atoms with Gasteiger partial charge in [0.2, 0.25) is 0 Å². The van der Waals surface area contributed by atoms with Gasteiger partial charge >= 0.3 is 11.9 Å². The van der Waals surface area contributed by atoms with Crippen molar-refractivity contribution < 1.29 is 34.5 Å². The van der Waals surface area contributed by atoms with E-state index in [-0.39, 0.29) is 30.8 Å². The van der Waals surface area contributed by atoms with Gasteiger partial charge in [-0.2, -0.15) is 5.06 Å². The molecule has 0 unspecified atom stereocenters. The Morgan fingerprint density at radius 1 is 1.15 bits per heavy atom. The molecule has 0 radical (unpaired) electrons. The van der Waals surface area contributed by atoms with Gasteiger partial charge in [-0.15, -0.1) is 11.3 Å². The van der Waals surface area contributed by atoms with Crippen LogP contribution in [-0.2, 0) is 20.9 Å². The van der Waals surface area contributed by atoms with Crippen LogP contribution in [0.1, 0.15) is 26.7 Å². The highest BCUT2D eigenvalue weighted by molar-refractivity contribution is 8.30. The predicted octanol–water partition coefficient (Wildman–Crippen LogP) is 2.49. The van der Waals surface area contributed by atoms with E-state index in [1.54, 1.807) is 7.11 Å². The van der Waals surface area contributed by atoms with Crippen LogP contribution in [0.4, 0.5) is 5.69 Å². The molecule has 1 amide bonds. The molecule has 40 heavy (non-hydrogen) atoms. The van der Waals surface area contributed by atoms with Crippen LogP contribution in [0.15, 0.2) is 39.0 Å². The zero-order valence-electron chi connectivity index (χ0n) is 21.6. The molecule has 0 saturated carbocycles. The lowest BCUT2D eigenvalue weighted by molar-refractivity contribution is -0.140. The van der Waals surface area contributed by atoms with Crippen LogP contribution in [-0.4, -0.2) is 60.9 Å². The minimum Gasteiger partial charge on any atom is -0.497 e. The Bertz CT molecular complexity index is 1620. The third-order valence-electron chi connectivity index (χ3n) is 5.99. The van der Waals surface area contributed by atoms with E-state index < -0.39 is 29.9 Å². The monoisotopic (exact) mass is 623 g/mol. The number of carbonyl (C=O) groups excluding carboxylic acids is 1. The molecule has 15 heteroatoms.